The Hall–Kier alpha value is -2.30. The van der Waals surface area contributed by atoms with E-state index in [4.69, 9.17) is 5.11 Å². The van der Waals surface area contributed by atoms with Gasteiger partial charge in [0.05, 0.1) is 5.41 Å². The summed E-state index contributed by atoms with van der Waals surface area (Å²) in [5.74, 6) is -1.83. The fourth-order valence-electron chi connectivity index (χ4n) is 3.29. The van der Waals surface area contributed by atoms with Crippen molar-refractivity contribution in [1.82, 2.24) is 4.57 Å². The van der Waals surface area contributed by atoms with Gasteiger partial charge in [0.2, 0.25) is 0 Å². The van der Waals surface area contributed by atoms with Crippen LogP contribution in [0.25, 0.3) is 10.9 Å². The van der Waals surface area contributed by atoms with E-state index in [1.54, 1.807) is 0 Å². The molecule has 0 spiro atoms. The summed E-state index contributed by atoms with van der Waals surface area (Å²) in [5.41, 5.74) is 1.14. The second-order valence-electron chi connectivity index (χ2n) is 5.75. The first-order chi connectivity index (χ1) is 10.0. The van der Waals surface area contributed by atoms with Gasteiger partial charge in [0.15, 0.2) is 0 Å². The normalized spacial score (nSPS) is 21.1. The van der Waals surface area contributed by atoms with Gasteiger partial charge < -0.3 is 14.8 Å². The Morgan fingerprint density at radius 2 is 2.00 bits per heavy atom. The van der Waals surface area contributed by atoms with Crippen molar-refractivity contribution in [3.8, 4) is 0 Å². The largest absolute Gasteiger partial charge is 0.481 e. The predicted octanol–water partition coefficient (Wildman–Crippen LogP) is 2.52. The highest BCUT2D eigenvalue weighted by atomic mass is 16.4. The number of aromatic nitrogens is 1. The zero-order valence-electron chi connectivity index (χ0n) is 11.6. The van der Waals surface area contributed by atoms with E-state index in [1.807, 2.05) is 30.3 Å². The van der Waals surface area contributed by atoms with E-state index in [-0.39, 0.29) is 12.8 Å². The van der Waals surface area contributed by atoms with Gasteiger partial charge in [-0.25, -0.2) is 0 Å². The van der Waals surface area contributed by atoms with Crippen LogP contribution < -0.4 is 0 Å². The number of hydrogen-bond acceptors (Lipinski definition) is 2. The highest BCUT2D eigenvalue weighted by molar-refractivity contribution is 5.83. The van der Waals surface area contributed by atoms with Crippen molar-refractivity contribution in [1.29, 1.82) is 0 Å². The van der Waals surface area contributed by atoms with Crippen LogP contribution >= 0.6 is 0 Å². The molecule has 110 valence electrons. The molecule has 1 aliphatic heterocycles. The molecule has 0 saturated carbocycles. The van der Waals surface area contributed by atoms with Gasteiger partial charge in [-0.15, -0.1) is 0 Å². The maximum Gasteiger partial charge on any atom is 0.310 e. The number of carbonyl (C=O) groups is 2. The molecule has 2 aromatic rings. The minimum atomic E-state index is -0.956. The number of aryl methyl sites for hydroxylation is 1. The molecule has 1 unspecified atom stereocenters. The van der Waals surface area contributed by atoms with E-state index in [0.717, 1.165) is 16.6 Å². The minimum Gasteiger partial charge on any atom is -0.481 e. The van der Waals surface area contributed by atoms with Gasteiger partial charge in [0.25, 0.3) is 0 Å². The smallest absolute Gasteiger partial charge is 0.310 e. The Bertz CT molecular complexity index is 718. The van der Waals surface area contributed by atoms with Crippen molar-refractivity contribution in [2.24, 2.45) is 5.41 Å². The van der Waals surface area contributed by atoms with Crippen LogP contribution in [0.15, 0.2) is 30.3 Å². The van der Waals surface area contributed by atoms with Gasteiger partial charge in [-0.05, 0) is 30.4 Å². The molecular formula is C16H17NO4. The molecule has 2 N–H and O–H groups in total. The number of benzene rings is 1. The Balaban J connectivity index is 1.97. The average molecular weight is 287 g/mol. The van der Waals surface area contributed by atoms with Crippen molar-refractivity contribution in [3.05, 3.63) is 36.0 Å². The quantitative estimate of drug-likeness (QED) is 0.905. The Labute approximate surface area is 121 Å². The van der Waals surface area contributed by atoms with Gasteiger partial charge in [-0.1, -0.05) is 18.2 Å². The molecule has 1 atom stereocenters. The third kappa shape index (κ3) is 2.28. The molecular weight excluding hydrogens is 270 g/mol. The molecule has 1 aromatic heterocycles. The van der Waals surface area contributed by atoms with Gasteiger partial charge in [0, 0.05) is 30.6 Å². The molecule has 0 bridgehead atoms. The van der Waals surface area contributed by atoms with Crippen LogP contribution in [0, 0.1) is 5.41 Å². The van der Waals surface area contributed by atoms with E-state index < -0.39 is 17.4 Å². The zero-order chi connectivity index (χ0) is 15.0. The lowest BCUT2D eigenvalue weighted by molar-refractivity contribution is -0.151. The lowest BCUT2D eigenvalue weighted by Gasteiger charge is -2.34. The molecule has 2 heterocycles. The maximum absolute atomic E-state index is 11.7. The van der Waals surface area contributed by atoms with Crippen molar-refractivity contribution in [3.63, 3.8) is 0 Å². The molecule has 0 amide bonds. The van der Waals surface area contributed by atoms with Crippen LogP contribution in [-0.4, -0.2) is 26.7 Å². The number of hydrogen-bond donors (Lipinski definition) is 2. The van der Waals surface area contributed by atoms with Crippen LogP contribution in [0.1, 0.15) is 25.0 Å². The number of carboxylic acids is 2. The summed E-state index contributed by atoms with van der Waals surface area (Å²) in [6.07, 6.45) is 0.942. The van der Waals surface area contributed by atoms with Crippen LogP contribution in [0.2, 0.25) is 0 Å². The molecule has 0 saturated heterocycles. The van der Waals surface area contributed by atoms with Crippen molar-refractivity contribution in [2.45, 2.75) is 32.2 Å². The van der Waals surface area contributed by atoms with Crippen LogP contribution in [0.3, 0.4) is 0 Å². The van der Waals surface area contributed by atoms with Gasteiger partial charge in [-0.2, -0.15) is 0 Å². The van der Waals surface area contributed by atoms with Crippen molar-refractivity contribution < 1.29 is 19.8 Å². The highest BCUT2D eigenvalue weighted by Crippen LogP contribution is 2.39. The summed E-state index contributed by atoms with van der Waals surface area (Å²) in [6.45, 7) is 0.620. The van der Waals surface area contributed by atoms with E-state index in [0.29, 0.717) is 19.4 Å². The number of nitrogens with zero attached hydrogens (tertiary/aromatic N) is 1. The minimum absolute atomic E-state index is 0.105. The third-order valence-corrected chi connectivity index (χ3v) is 4.50. The fraction of sp³-hybridized carbons (Fsp3) is 0.375. The summed E-state index contributed by atoms with van der Waals surface area (Å²) in [6, 6.07) is 10.00. The Kier molecular flexibility index (Phi) is 3.20. The molecule has 5 heteroatoms. The van der Waals surface area contributed by atoms with E-state index >= 15 is 0 Å². The average Bonchev–Trinajstić information content (AvgIpc) is 2.82. The van der Waals surface area contributed by atoms with E-state index in [9.17, 15) is 14.7 Å². The highest BCUT2D eigenvalue weighted by Gasteiger charge is 2.42. The first kappa shape index (κ1) is 13.7. The molecule has 0 fully saturated rings. The van der Waals surface area contributed by atoms with Gasteiger partial charge >= 0.3 is 11.9 Å². The molecule has 0 radical (unpaired) electrons. The standard InChI is InChI=1S/C16H17NO4/c18-14(19)5-6-16(15(20)21)7-8-17-12(10-16)9-11-3-1-2-4-13(11)17/h1-4,9H,5-8,10H2,(H,18,19)(H,20,21). The lowest BCUT2D eigenvalue weighted by Crippen LogP contribution is -2.39. The van der Waals surface area contributed by atoms with Gasteiger partial charge in [-0.3, -0.25) is 9.59 Å². The number of para-hydroxylation sites is 1. The Morgan fingerprint density at radius 3 is 2.71 bits per heavy atom. The van der Waals surface area contributed by atoms with Crippen LogP contribution in [-0.2, 0) is 22.6 Å². The van der Waals surface area contributed by atoms with Crippen LogP contribution in [0.5, 0.6) is 0 Å². The summed E-state index contributed by atoms with van der Waals surface area (Å²) in [5, 5.41) is 19.6. The monoisotopic (exact) mass is 287 g/mol. The number of fused-ring (bicyclic) bond motifs is 3. The summed E-state index contributed by atoms with van der Waals surface area (Å²) >= 11 is 0. The molecule has 21 heavy (non-hydrogen) atoms. The van der Waals surface area contributed by atoms with Crippen LogP contribution in [0.4, 0.5) is 0 Å². The third-order valence-electron chi connectivity index (χ3n) is 4.50. The molecule has 5 nitrogen and oxygen atoms in total. The topological polar surface area (TPSA) is 79.5 Å². The second kappa shape index (κ2) is 4.91. The first-order valence-corrected chi connectivity index (χ1v) is 7.04. The summed E-state index contributed by atoms with van der Waals surface area (Å²) in [4.78, 5) is 22.5. The van der Waals surface area contributed by atoms with Crippen molar-refractivity contribution >= 4 is 22.8 Å². The lowest BCUT2D eigenvalue weighted by atomic mass is 9.74. The zero-order valence-corrected chi connectivity index (χ0v) is 11.6. The van der Waals surface area contributed by atoms with Gasteiger partial charge in [0.1, 0.15) is 0 Å². The Morgan fingerprint density at radius 1 is 1.24 bits per heavy atom. The molecule has 0 aliphatic carbocycles. The number of rotatable bonds is 4. The SMILES string of the molecule is O=C(O)CCC1(C(=O)O)CCn2c(cc3ccccc32)C1. The van der Waals surface area contributed by atoms with E-state index in [1.165, 1.54) is 0 Å². The molecule has 3 rings (SSSR count). The first-order valence-electron chi connectivity index (χ1n) is 7.04. The number of carboxylic acid groups (broad SMARTS) is 2. The second-order valence-corrected chi connectivity index (χ2v) is 5.75. The molecule has 1 aliphatic rings. The number of aliphatic carboxylic acids is 2. The van der Waals surface area contributed by atoms with E-state index in [2.05, 4.69) is 4.57 Å². The summed E-state index contributed by atoms with van der Waals surface area (Å²) in [7, 11) is 0. The molecule has 1 aromatic carbocycles. The summed E-state index contributed by atoms with van der Waals surface area (Å²) < 4.78 is 2.15. The maximum atomic E-state index is 11.7. The fourth-order valence-corrected chi connectivity index (χ4v) is 3.29. The van der Waals surface area contributed by atoms with Crippen molar-refractivity contribution in [2.75, 3.05) is 0 Å². The predicted molar refractivity (Wildman–Crippen MR) is 77.2 cm³/mol.